The summed E-state index contributed by atoms with van der Waals surface area (Å²) in [5.41, 5.74) is 0. The van der Waals surface area contributed by atoms with Gasteiger partial charge in [-0.25, -0.2) is 0 Å². The standard InChI is InChI=1S/C13H27N3S/c1-13(2,3)17-9-8-15-4-6-16(7-5-15)12-10-14-11-12/h12,14H,4-11H2,1-3H3. The van der Waals surface area contributed by atoms with Gasteiger partial charge < -0.3 is 5.32 Å². The smallest absolute Gasteiger partial charge is 0.0346 e. The van der Waals surface area contributed by atoms with Gasteiger partial charge in [-0.15, -0.1) is 0 Å². The summed E-state index contributed by atoms with van der Waals surface area (Å²) >= 11 is 2.08. The van der Waals surface area contributed by atoms with Crippen molar-refractivity contribution in [2.24, 2.45) is 0 Å². The van der Waals surface area contributed by atoms with Crippen LogP contribution in [0, 0.1) is 0 Å². The topological polar surface area (TPSA) is 18.5 Å². The van der Waals surface area contributed by atoms with E-state index < -0.39 is 0 Å². The molecule has 2 aliphatic rings. The average Bonchev–Trinajstić information content (AvgIpc) is 2.16. The average molecular weight is 257 g/mol. The first-order chi connectivity index (χ1) is 8.04. The molecular formula is C13H27N3S. The van der Waals surface area contributed by atoms with Crippen molar-refractivity contribution in [3.8, 4) is 0 Å². The first-order valence-electron chi connectivity index (χ1n) is 6.86. The summed E-state index contributed by atoms with van der Waals surface area (Å²) in [4.78, 5) is 5.28. The van der Waals surface area contributed by atoms with Crippen molar-refractivity contribution in [2.75, 3.05) is 51.6 Å². The molecule has 1 N–H and O–H groups in total. The molecule has 17 heavy (non-hydrogen) atoms. The second-order valence-corrected chi connectivity index (χ2v) is 8.07. The highest BCUT2D eigenvalue weighted by Gasteiger charge is 2.27. The van der Waals surface area contributed by atoms with Crippen molar-refractivity contribution in [3.63, 3.8) is 0 Å². The van der Waals surface area contributed by atoms with Crippen LogP contribution < -0.4 is 5.32 Å². The summed E-state index contributed by atoms with van der Waals surface area (Å²) in [6.07, 6.45) is 0. The van der Waals surface area contributed by atoms with Crippen molar-refractivity contribution in [3.05, 3.63) is 0 Å². The quantitative estimate of drug-likeness (QED) is 0.813. The summed E-state index contributed by atoms with van der Waals surface area (Å²) in [6.45, 7) is 15.7. The maximum atomic E-state index is 3.36. The fraction of sp³-hybridized carbons (Fsp3) is 1.00. The minimum absolute atomic E-state index is 0.416. The zero-order valence-electron chi connectivity index (χ0n) is 11.5. The summed E-state index contributed by atoms with van der Waals surface area (Å²) in [5, 5.41) is 3.36. The van der Waals surface area contributed by atoms with Gasteiger partial charge in [0.1, 0.15) is 0 Å². The van der Waals surface area contributed by atoms with Crippen LogP contribution in [-0.2, 0) is 0 Å². The number of nitrogens with one attached hydrogen (secondary N) is 1. The molecule has 0 aromatic rings. The van der Waals surface area contributed by atoms with Gasteiger partial charge in [0.15, 0.2) is 0 Å². The molecule has 0 aromatic heterocycles. The number of hydrogen-bond acceptors (Lipinski definition) is 4. The molecule has 0 radical (unpaired) electrons. The molecule has 0 unspecified atom stereocenters. The maximum absolute atomic E-state index is 3.36. The van der Waals surface area contributed by atoms with Crippen LogP contribution in [0.2, 0.25) is 0 Å². The molecule has 2 fully saturated rings. The highest BCUT2D eigenvalue weighted by atomic mass is 32.2. The molecule has 3 nitrogen and oxygen atoms in total. The Hall–Kier alpha value is 0.230. The molecule has 2 rings (SSSR count). The zero-order chi connectivity index (χ0) is 12.3. The van der Waals surface area contributed by atoms with E-state index in [1.165, 1.54) is 51.6 Å². The Kier molecular flexibility index (Phi) is 4.75. The summed E-state index contributed by atoms with van der Waals surface area (Å²) in [6, 6.07) is 0.834. The van der Waals surface area contributed by atoms with Gasteiger partial charge in [0, 0.05) is 62.4 Å². The Morgan fingerprint density at radius 1 is 1.12 bits per heavy atom. The van der Waals surface area contributed by atoms with Crippen molar-refractivity contribution in [2.45, 2.75) is 31.6 Å². The lowest BCUT2D eigenvalue weighted by Crippen LogP contribution is -2.61. The van der Waals surface area contributed by atoms with Crippen LogP contribution in [0.15, 0.2) is 0 Å². The van der Waals surface area contributed by atoms with Gasteiger partial charge in [-0.3, -0.25) is 9.80 Å². The van der Waals surface area contributed by atoms with E-state index >= 15 is 0 Å². The van der Waals surface area contributed by atoms with Crippen molar-refractivity contribution in [1.82, 2.24) is 15.1 Å². The third-order valence-electron chi connectivity index (χ3n) is 3.63. The third kappa shape index (κ3) is 4.43. The van der Waals surface area contributed by atoms with Crippen LogP contribution in [0.5, 0.6) is 0 Å². The number of nitrogens with zero attached hydrogens (tertiary/aromatic N) is 2. The third-order valence-corrected chi connectivity index (χ3v) is 4.88. The molecule has 0 spiro atoms. The molecule has 0 amide bonds. The van der Waals surface area contributed by atoms with Crippen molar-refractivity contribution >= 4 is 11.8 Å². The number of rotatable bonds is 4. The molecule has 100 valence electrons. The Morgan fingerprint density at radius 3 is 2.24 bits per heavy atom. The van der Waals surface area contributed by atoms with Crippen LogP contribution in [0.1, 0.15) is 20.8 Å². The van der Waals surface area contributed by atoms with Gasteiger partial charge in [0.25, 0.3) is 0 Å². The van der Waals surface area contributed by atoms with E-state index in [0.29, 0.717) is 4.75 Å². The van der Waals surface area contributed by atoms with Gasteiger partial charge in [0.2, 0.25) is 0 Å². The Balaban J connectivity index is 1.58. The fourth-order valence-corrected chi connectivity index (χ4v) is 3.33. The van der Waals surface area contributed by atoms with E-state index in [0.717, 1.165) is 6.04 Å². The van der Waals surface area contributed by atoms with Crippen molar-refractivity contribution < 1.29 is 0 Å². The van der Waals surface area contributed by atoms with E-state index in [1.807, 2.05) is 0 Å². The highest BCUT2D eigenvalue weighted by Crippen LogP contribution is 2.23. The lowest BCUT2D eigenvalue weighted by Gasteiger charge is -2.43. The number of hydrogen-bond donors (Lipinski definition) is 1. The lowest BCUT2D eigenvalue weighted by atomic mass is 10.1. The van der Waals surface area contributed by atoms with Gasteiger partial charge in [-0.2, -0.15) is 11.8 Å². The van der Waals surface area contributed by atoms with Crippen LogP contribution in [0.3, 0.4) is 0 Å². The van der Waals surface area contributed by atoms with E-state index in [-0.39, 0.29) is 0 Å². The van der Waals surface area contributed by atoms with Crippen LogP contribution in [0.25, 0.3) is 0 Å². The molecule has 2 heterocycles. The molecular weight excluding hydrogens is 230 g/mol. The first kappa shape index (κ1) is 13.7. The van der Waals surface area contributed by atoms with E-state index in [1.54, 1.807) is 0 Å². The Labute approximate surface area is 110 Å². The fourth-order valence-electron chi connectivity index (χ4n) is 2.36. The monoisotopic (exact) mass is 257 g/mol. The Bertz CT molecular complexity index is 227. The predicted molar refractivity (Wildman–Crippen MR) is 76.9 cm³/mol. The van der Waals surface area contributed by atoms with Crippen molar-refractivity contribution in [1.29, 1.82) is 0 Å². The summed E-state index contributed by atoms with van der Waals surface area (Å²) < 4.78 is 0.416. The van der Waals surface area contributed by atoms with Crippen LogP contribution >= 0.6 is 11.8 Å². The van der Waals surface area contributed by atoms with Gasteiger partial charge in [0.05, 0.1) is 0 Å². The van der Waals surface area contributed by atoms with Gasteiger partial charge >= 0.3 is 0 Å². The number of piperazine rings is 1. The van der Waals surface area contributed by atoms with Crippen LogP contribution in [-0.4, -0.2) is 72.2 Å². The Morgan fingerprint density at radius 2 is 1.76 bits per heavy atom. The molecule has 0 atom stereocenters. The normalized spacial score (nSPS) is 24.9. The minimum atomic E-state index is 0.416. The van der Waals surface area contributed by atoms with E-state index in [4.69, 9.17) is 0 Å². The predicted octanol–water partition coefficient (Wildman–Crippen LogP) is 1.11. The lowest BCUT2D eigenvalue weighted by molar-refractivity contribution is 0.0759. The first-order valence-corrected chi connectivity index (χ1v) is 7.84. The molecule has 2 aliphatic heterocycles. The minimum Gasteiger partial charge on any atom is -0.314 e. The second-order valence-electron chi connectivity index (χ2n) is 6.15. The number of thioether (sulfide) groups is 1. The van der Waals surface area contributed by atoms with E-state index in [2.05, 4.69) is 47.6 Å². The van der Waals surface area contributed by atoms with Gasteiger partial charge in [-0.1, -0.05) is 20.8 Å². The second kappa shape index (κ2) is 5.91. The summed E-state index contributed by atoms with van der Waals surface area (Å²) in [7, 11) is 0. The molecule has 4 heteroatoms. The molecule has 0 aromatic carbocycles. The molecule has 2 saturated heterocycles. The zero-order valence-corrected chi connectivity index (χ0v) is 12.4. The van der Waals surface area contributed by atoms with Gasteiger partial charge in [-0.05, 0) is 0 Å². The van der Waals surface area contributed by atoms with E-state index in [9.17, 15) is 0 Å². The summed E-state index contributed by atoms with van der Waals surface area (Å²) in [5.74, 6) is 1.27. The molecule has 0 bridgehead atoms. The maximum Gasteiger partial charge on any atom is 0.0346 e. The molecule has 0 aliphatic carbocycles. The highest BCUT2D eigenvalue weighted by molar-refractivity contribution is 8.00. The largest absolute Gasteiger partial charge is 0.314 e. The molecule has 0 saturated carbocycles. The SMILES string of the molecule is CC(C)(C)SCCN1CCN(C2CNC2)CC1. The van der Waals surface area contributed by atoms with Crippen LogP contribution in [0.4, 0.5) is 0 Å².